The molecule has 0 saturated heterocycles. The van der Waals surface area contributed by atoms with Gasteiger partial charge in [0.05, 0.1) is 13.1 Å². The standard InChI is InChI=1S/C26H39N5O2/c1-4-28(5-2)21-26(33)29-15-9-7-6-8-10-17-31(22(3)32)25-18-23(12-13-24(25)20-29)19-30-16-11-14-27-30/h11-14,16,18H,4-10,15,17,19-21H2,1-3H3. The number of aromatic nitrogens is 2. The van der Waals surface area contributed by atoms with Gasteiger partial charge in [-0.15, -0.1) is 0 Å². The third-order valence-electron chi connectivity index (χ3n) is 6.50. The van der Waals surface area contributed by atoms with Crippen LogP contribution in [0.1, 0.15) is 64.0 Å². The van der Waals surface area contributed by atoms with Gasteiger partial charge >= 0.3 is 0 Å². The normalized spacial score (nSPS) is 15.6. The molecule has 2 aromatic rings. The van der Waals surface area contributed by atoms with E-state index in [4.69, 9.17) is 0 Å². The second-order valence-electron chi connectivity index (χ2n) is 8.88. The minimum atomic E-state index is 0.0468. The molecule has 3 rings (SSSR count). The number of carbonyl (C=O) groups excluding carboxylic acids is 2. The van der Waals surface area contributed by atoms with Crippen LogP contribution in [0.25, 0.3) is 0 Å². The average Bonchev–Trinajstić information content (AvgIpc) is 3.31. The maximum Gasteiger partial charge on any atom is 0.237 e. The van der Waals surface area contributed by atoms with Gasteiger partial charge in [-0.2, -0.15) is 5.10 Å². The lowest BCUT2D eigenvalue weighted by Gasteiger charge is -2.30. The van der Waals surface area contributed by atoms with E-state index in [-0.39, 0.29) is 11.8 Å². The predicted molar refractivity (Wildman–Crippen MR) is 132 cm³/mol. The van der Waals surface area contributed by atoms with Gasteiger partial charge in [0.25, 0.3) is 0 Å². The molecule has 2 amide bonds. The Balaban J connectivity index is 1.93. The summed E-state index contributed by atoms with van der Waals surface area (Å²) in [6.07, 6.45) is 9.07. The summed E-state index contributed by atoms with van der Waals surface area (Å²) in [5.41, 5.74) is 3.05. The largest absolute Gasteiger partial charge is 0.337 e. The van der Waals surface area contributed by atoms with Crippen molar-refractivity contribution in [1.29, 1.82) is 0 Å². The first-order valence-corrected chi connectivity index (χ1v) is 12.4. The lowest BCUT2D eigenvalue weighted by atomic mass is 10.0. The topological polar surface area (TPSA) is 61.7 Å². The molecule has 7 heteroatoms. The average molecular weight is 454 g/mol. The van der Waals surface area contributed by atoms with Crippen LogP contribution in [0.2, 0.25) is 0 Å². The molecule has 0 N–H and O–H groups in total. The fraction of sp³-hybridized carbons (Fsp3) is 0.577. The molecule has 1 aliphatic rings. The number of hydrogen-bond donors (Lipinski definition) is 0. The van der Waals surface area contributed by atoms with Crippen molar-refractivity contribution in [3.8, 4) is 0 Å². The smallest absolute Gasteiger partial charge is 0.237 e. The van der Waals surface area contributed by atoms with E-state index in [1.165, 1.54) is 0 Å². The minimum Gasteiger partial charge on any atom is -0.337 e. The molecule has 1 aromatic carbocycles. The highest BCUT2D eigenvalue weighted by atomic mass is 16.2. The zero-order valence-electron chi connectivity index (χ0n) is 20.5. The Morgan fingerprint density at radius 3 is 2.42 bits per heavy atom. The van der Waals surface area contributed by atoms with Gasteiger partial charge in [-0.3, -0.25) is 19.2 Å². The van der Waals surface area contributed by atoms with Crippen molar-refractivity contribution in [3.63, 3.8) is 0 Å². The van der Waals surface area contributed by atoms with Crippen LogP contribution in [-0.2, 0) is 22.7 Å². The Morgan fingerprint density at radius 1 is 1.03 bits per heavy atom. The van der Waals surface area contributed by atoms with Crippen molar-refractivity contribution in [2.24, 2.45) is 0 Å². The van der Waals surface area contributed by atoms with E-state index < -0.39 is 0 Å². The maximum atomic E-state index is 13.2. The summed E-state index contributed by atoms with van der Waals surface area (Å²) in [4.78, 5) is 32.0. The predicted octanol–water partition coefficient (Wildman–Crippen LogP) is 3.92. The number of fused-ring (bicyclic) bond motifs is 1. The van der Waals surface area contributed by atoms with E-state index >= 15 is 0 Å². The van der Waals surface area contributed by atoms with E-state index in [0.29, 0.717) is 26.2 Å². The molecule has 0 atom stereocenters. The second kappa shape index (κ2) is 12.5. The van der Waals surface area contributed by atoms with Crippen molar-refractivity contribution >= 4 is 17.5 Å². The van der Waals surface area contributed by atoms with Crippen LogP contribution in [0.3, 0.4) is 0 Å². The zero-order valence-corrected chi connectivity index (χ0v) is 20.5. The summed E-state index contributed by atoms with van der Waals surface area (Å²) >= 11 is 0. The molecule has 1 aromatic heterocycles. The summed E-state index contributed by atoms with van der Waals surface area (Å²) in [6, 6.07) is 8.21. The zero-order chi connectivity index (χ0) is 23.6. The van der Waals surface area contributed by atoms with Gasteiger partial charge in [0.2, 0.25) is 11.8 Å². The molecule has 2 heterocycles. The molecule has 0 saturated carbocycles. The third kappa shape index (κ3) is 7.16. The SMILES string of the molecule is CCN(CC)CC(=O)N1CCCCCCCN(C(C)=O)c2cc(Cn3cccn3)ccc2C1. The Labute approximate surface area is 198 Å². The molecule has 0 fully saturated rings. The van der Waals surface area contributed by atoms with Crippen molar-refractivity contribution in [2.45, 2.75) is 66.0 Å². The van der Waals surface area contributed by atoms with E-state index in [1.807, 2.05) is 26.7 Å². The van der Waals surface area contributed by atoms with E-state index in [0.717, 1.165) is 68.6 Å². The molecule has 7 nitrogen and oxygen atoms in total. The van der Waals surface area contributed by atoms with E-state index in [9.17, 15) is 9.59 Å². The van der Waals surface area contributed by atoms with Crippen LogP contribution in [0.15, 0.2) is 36.7 Å². The Hall–Kier alpha value is -2.67. The highest BCUT2D eigenvalue weighted by molar-refractivity contribution is 5.92. The third-order valence-corrected chi connectivity index (χ3v) is 6.50. The Bertz CT molecular complexity index is 892. The highest BCUT2D eigenvalue weighted by Crippen LogP contribution is 2.27. The summed E-state index contributed by atoms with van der Waals surface area (Å²) in [5, 5.41) is 4.32. The van der Waals surface area contributed by atoms with Crippen molar-refractivity contribution < 1.29 is 9.59 Å². The van der Waals surface area contributed by atoms with Crippen molar-refractivity contribution in [1.82, 2.24) is 19.6 Å². The van der Waals surface area contributed by atoms with Crippen molar-refractivity contribution in [3.05, 3.63) is 47.8 Å². The van der Waals surface area contributed by atoms with Gasteiger partial charge in [0.1, 0.15) is 0 Å². The lowest BCUT2D eigenvalue weighted by Crippen LogP contribution is -2.41. The van der Waals surface area contributed by atoms with Gasteiger partial charge in [0, 0.05) is 44.6 Å². The number of carbonyl (C=O) groups is 2. The van der Waals surface area contributed by atoms with Crippen LogP contribution < -0.4 is 4.90 Å². The highest BCUT2D eigenvalue weighted by Gasteiger charge is 2.22. The summed E-state index contributed by atoms with van der Waals surface area (Å²) in [5.74, 6) is 0.210. The summed E-state index contributed by atoms with van der Waals surface area (Å²) in [7, 11) is 0. The van der Waals surface area contributed by atoms with Gasteiger partial charge in [-0.05, 0) is 49.2 Å². The molecular weight excluding hydrogens is 414 g/mol. The number of hydrogen-bond acceptors (Lipinski definition) is 4. The first-order chi connectivity index (χ1) is 16.0. The van der Waals surface area contributed by atoms with Crippen LogP contribution in [-0.4, -0.2) is 64.1 Å². The molecule has 180 valence electrons. The maximum absolute atomic E-state index is 13.2. The fourth-order valence-corrected chi connectivity index (χ4v) is 4.46. The summed E-state index contributed by atoms with van der Waals surface area (Å²) < 4.78 is 1.88. The fourth-order valence-electron chi connectivity index (χ4n) is 4.46. The molecule has 0 aliphatic carbocycles. The monoisotopic (exact) mass is 453 g/mol. The minimum absolute atomic E-state index is 0.0468. The number of amides is 2. The van der Waals surface area contributed by atoms with Crippen LogP contribution >= 0.6 is 0 Å². The second-order valence-corrected chi connectivity index (χ2v) is 8.88. The van der Waals surface area contributed by atoms with Gasteiger partial charge in [-0.1, -0.05) is 45.2 Å². The van der Waals surface area contributed by atoms with E-state index in [1.54, 1.807) is 13.1 Å². The number of anilines is 1. The number of benzene rings is 1. The molecule has 0 spiro atoms. The summed E-state index contributed by atoms with van der Waals surface area (Å²) in [6.45, 7) is 10.6. The quantitative estimate of drug-likeness (QED) is 0.665. The van der Waals surface area contributed by atoms with Crippen LogP contribution in [0.4, 0.5) is 5.69 Å². The first kappa shape index (κ1) is 25.0. The van der Waals surface area contributed by atoms with Gasteiger partial charge in [0.15, 0.2) is 0 Å². The molecule has 33 heavy (non-hydrogen) atoms. The Kier molecular flexibility index (Phi) is 9.48. The molecule has 1 aliphatic heterocycles. The molecular formula is C26H39N5O2. The Morgan fingerprint density at radius 2 is 1.76 bits per heavy atom. The van der Waals surface area contributed by atoms with Gasteiger partial charge < -0.3 is 9.80 Å². The molecule has 0 unspecified atom stereocenters. The number of likely N-dealkylation sites (N-methyl/N-ethyl adjacent to an activating group) is 1. The van der Waals surface area contributed by atoms with Gasteiger partial charge in [-0.25, -0.2) is 0 Å². The number of rotatable bonds is 6. The molecule has 0 radical (unpaired) electrons. The van der Waals surface area contributed by atoms with E-state index in [2.05, 4.69) is 42.0 Å². The first-order valence-electron chi connectivity index (χ1n) is 12.4. The number of nitrogens with zero attached hydrogens (tertiary/aromatic N) is 5. The molecule has 0 bridgehead atoms. The lowest BCUT2D eigenvalue weighted by molar-refractivity contribution is -0.133. The van der Waals surface area contributed by atoms with Crippen LogP contribution in [0.5, 0.6) is 0 Å². The van der Waals surface area contributed by atoms with Crippen molar-refractivity contribution in [2.75, 3.05) is 37.6 Å². The van der Waals surface area contributed by atoms with Crippen LogP contribution in [0, 0.1) is 0 Å².